The van der Waals surface area contributed by atoms with E-state index in [4.69, 9.17) is 10.9 Å². The van der Waals surface area contributed by atoms with E-state index >= 15 is 0 Å². The van der Waals surface area contributed by atoms with Gasteiger partial charge < -0.3 is 20.4 Å². The highest BCUT2D eigenvalue weighted by atomic mass is 79.9. The summed E-state index contributed by atoms with van der Waals surface area (Å²) in [6.07, 6.45) is 3.70. The van der Waals surface area contributed by atoms with E-state index in [1.54, 1.807) is 6.20 Å². The molecule has 0 saturated carbocycles. The van der Waals surface area contributed by atoms with Gasteiger partial charge in [0.25, 0.3) is 0 Å². The number of nitrogens with zero attached hydrogens (tertiary/aromatic N) is 4. The van der Waals surface area contributed by atoms with Crippen molar-refractivity contribution < 1.29 is 5.21 Å². The van der Waals surface area contributed by atoms with Gasteiger partial charge in [-0.1, -0.05) is 5.16 Å². The van der Waals surface area contributed by atoms with Crippen molar-refractivity contribution in [2.24, 2.45) is 17.9 Å². The van der Waals surface area contributed by atoms with Crippen LogP contribution in [0.25, 0.3) is 0 Å². The predicted molar refractivity (Wildman–Crippen MR) is 82.0 cm³/mol. The minimum Gasteiger partial charge on any atom is -0.409 e. The molecule has 0 atom stereocenters. The highest BCUT2D eigenvalue weighted by Crippen LogP contribution is 2.24. The second-order valence-electron chi connectivity index (χ2n) is 4.46. The van der Waals surface area contributed by atoms with Gasteiger partial charge in [-0.25, -0.2) is 4.98 Å². The SMILES string of the molecule is CN(Cc1nccn1C)c1ccc(/C(N)=N/O)c(Br)c1. The first-order valence-electron chi connectivity index (χ1n) is 5.97. The predicted octanol–water partition coefficient (Wildman–Crippen LogP) is 1.91. The van der Waals surface area contributed by atoms with Gasteiger partial charge in [0.05, 0.1) is 6.54 Å². The Morgan fingerprint density at radius 1 is 1.55 bits per heavy atom. The molecule has 1 heterocycles. The van der Waals surface area contributed by atoms with Gasteiger partial charge in [0.15, 0.2) is 5.84 Å². The van der Waals surface area contributed by atoms with Crippen LogP contribution in [0.1, 0.15) is 11.4 Å². The van der Waals surface area contributed by atoms with E-state index in [1.807, 2.05) is 43.1 Å². The third-order valence-electron chi connectivity index (χ3n) is 3.08. The Balaban J connectivity index is 2.21. The van der Waals surface area contributed by atoms with Crippen LogP contribution in [-0.2, 0) is 13.6 Å². The van der Waals surface area contributed by atoms with Gasteiger partial charge in [0.2, 0.25) is 0 Å². The van der Waals surface area contributed by atoms with E-state index in [-0.39, 0.29) is 5.84 Å². The van der Waals surface area contributed by atoms with Gasteiger partial charge in [-0.2, -0.15) is 0 Å². The molecule has 6 nitrogen and oxygen atoms in total. The second kappa shape index (κ2) is 5.96. The van der Waals surface area contributed by atoms with E-state index in [9.17, 15) is 0 Å². The number of imidazole rings is 1. The van der Waals surface area contributed by atoms with Crippen molar-refractivity contribution in [2.45, 2.75) is 6.54 Å². The molecule has 7 heteroatoms. The standard InChI is InChI=1S/C13H16BrN5O/c1-18-6-5-16-12(18)8-19(2)9-3-4-10(11(14)7-9)13(15)17-20/h3-7,20H,8H2,1-2H3,(H2,15,17). The van der Waals surface area contributed by atoms with E-state index < -0.39 is 0 Å². The number of amidine groups is 1. The summed E-state index contributed by atoms with van der Waals surface area (Å²) in [5.41, 5.74) is 7.26. The van der Waals surface area contributed by atoms with Gasteiger partial charge in [0, 0.05) is 42.2 Å². The Kier molecular flexibility index (Phi) is 4.29. The van der Waals surface area contributed by atoms with E-state index in [0.717, 1.165) is 16.0 Å². The van der Waals surface area contributed by atoms with Crippen molar-refractivity contribution in [2.75, 3.05) is 11.9 Å². The zero-order valence-electron chi connectivity index (χ0n) is 11.3. The van der Waals surface area contributed by atoms with Crippen LogP contribution >= 0.6 is 15.9 Å². The number of rotatable bonds is 4. The number of nitrogens with two attached hydrogens (primary N) is 1. The van der Waals surface area contributed by atoms with Crippen LogP contribution in [0.3, 0.4) is 0 Å². The first kappa shape index (κ1) is 14.4. The first-order valence-corrected chi connectivity index (χ1v) is 6.77. The molecule has 20 heavy (non-hydrogen) atoms. The molecule has 0 spiro atoms. The highest BCUT2D eigenvalue weighted by molar-refractivity contribution is 9.10. The summed E-state index contributed by atoms with van der Waals surface area (Å²) >= 11 is 3.43. The highest BCUT2D eigenvalue weighted by Gasteiger charge is 2.10. The van der Waals surface area contributed by atoms with Gasteiger partial charge in [0.1, 0.15) is 5.82 Å². The van der Waals surface area contributed by atoms with Crippen LogP contribution in [0, 0.1) is 0 Å². The van der Waals surface area contributed by atoms with Crippen LogP contribution in [0.5, 0.6) is 0 Å². The van der Waals surface area contributed by atoms with Crippen LogP contribution in [0.15, 0.2) is 40.2 Å². The molecule has 106 valence electrons. The summed E-state index contributed by atoms with van der Waals surface area (Å²) in [7, 11) is 3.95. The molecule has 2 rings (SSSR count). The fraction of sp³-hybridized carbons (Fsp3) is 0.231. The van der Waals surface area contributed by atoms with E-state index in [1.165, 1.54) is 0 Å². The maximum Gasteiger partial charge on any atom is 0.171 e. The number of benzene rings is 1. The minimum absolute atomic E-state index is 0.0789. The number of aryl methyl sites for hydroxylation is 1. The minimum atomic E-state index is 0.0789. The Labute approximate surface area is 125 Å². The lowest BCUT2D eigenvalue weighted by atomic mass is 10.2. The smallest absolute Gasteiger partial charge is 0.171 e. The average Bonchev–Trinajstić information content (AvgIpc) is 2.83. The average molecular weight is 338 g/mol. The van der Waals surface area contributed by atoms with Crippen molar-refractivity contribution in [1.29, 1.82) is 0 Å². The third kappa shape index (κ3) is 2.93. The lowest BCUT2D eigenvalue weighted by Crippen LogP contribution is -2.20. The quantitative estimate of drug-likeness (QED) is 0.386. The molecule has 0 aliphatic rings. The molecule has 1 aromatic carbocycles. The van der Waals surface area contributed by atoms with Gasteiger partial charge in [-0.05, 0) is 34.1 Å². The van der Waals surface area contributed by atoms with Gasteiger partial charge in [-0.3, -0.25) is 0 Å². The van der Waals surface area contributed by atoms with E-state index in [0.29, 0.717) is 12.1 Å². The van der Waals surface area contributed by atoms with Crippen molar-refractivity contribution in [3.63, 3.8) is 0 Å². The largest absolute Gasteiger partial charge is 0.409 e. The summed E-state index contributed by atoms with van der Waals surface area (Å²) in [4.78, 5) is 6.37. The topological polar surface area (TPSA) is 79.7 Å². The van der Waals surface area contributed by atoms with Crippen LogP contribution in [0.4, 0.5) is 5.69 Å². The number of hydrogen-bond donors (Lipinski definition) is 2. The zero-order valence-corrected chi connectivity index (χ0v) is 12.9. The van der Waals surface area contributed by atoms with Gasteiger partial charge >= 0.3 is 0 Å². The molecule has 0 fully saturated rings. The molecule has 0 saturated heterocycles. The molecule has 0 aliphatic carbocycles. The molecule has 0 bridgehead atoms. The number of oxime groups is 1. The second-order valence-corrected chi connectivity index (χ2v) is 5.31. The summed E-state index contributed by atoms with van der Waals surface area (Å²) in [6, 6.07) is 5.65. The number of aromatic nitrogens is 2. The number of halogens is 1. The van der Waals surface area contributed by atoms with Crippen molar-refractivity contribution in [3.05, 3.63) is 46.5 Å². The molecule has 0 radical (unpaired) electrons. The fourth-order valence-electron chi connectivity index (χ4n) is 1.86. The summed E-state index contributed by atoms with van der Waals surface area (Å²) in [6.45, 7) is 0.693. The van der Waals surface area contributed by atoms with Gasteiger partial charge in [-0.15, -0.1) is 0 Å². The number of anilines is 1. The maximum atomic E-state index is 8.71. The Morgan fingerprint density at radius 2 is 2.30 bits per heavy atom. The van der Waals surface area contributed by atoms with Crippen molar-refractivity contribution in [1.82, 2.24) is 9.55 Å². The molecule has 0 amide bonds. The van der Waals surface area contributed by atoms with Crippen molar-refractivity contribution >= 4 is 27.5 Å². The molecule has 2 aromatic rings. The lowest BCUT2D eigenvalue weighted by molar-refractivity contribution is 0.318. The molecule has 0 aliphatic heterocycles. The van der Waals surface area contributed by atoms with Crippen LogP contribution in [-0.4, -0.2) is 27.6 Å². The zero-order chi connectivity index (χ0) is 14.7. The molecular formula is C13H16BrN5O. The Morgan fingerprint density at radius 3 is 2.85 bits per heavy atom. The molecule has 0 unspecified atom stereocenters. The Bertz CT molecular complexity index is 637. The van der Waals surface area contributed by atoms with E-state index in [2.05, 4.69) is 31.0 Å². The third-order valence-corrected chi connectivity index (χ3v) is 3.73. The maximum absolute atomic E-state index is 8.71. The Hall–Kier alpha value is -2.02. The monoisotopic (exact) mass is 337 g/mol. The molecular weight excluding hydrogens is 322 g/mol. The summed E-state index contributed by atoms with van der Waals surface area (Å²) < 4.78 is 2.76. The summed E-state index contributed by atoms with van der Waals surface area (Å²) in [5.74, 6) is 1.05. The lowest BCUT2D eigenvalue weighted by Gasteiger charge is -2.20. The fourth-order valence-corrected chi connectivity index (χ4v) is 2.43. The first-order chi connectivity index (χ1) is 9.52. The molecule has 3 N–H and O–H groups in total. The molecule has 1 aromatic heterocycles. The van der Waals surface area contributed by atoms with Crippen LogP contribution < -0.4 is 10.6 Å². The normalized spacial score (nSPS) is 11.7. The van der Waals surface area contributed by atoms with Crippen LogP contribution in [0.2, 0.25) is 0 Å². The summed E-state index contributed by atoms with van der Waals surface area (Å²) in [5, 5.41) is 11.7. The number of hydrogen-bond acceptors (Lipinski definition) is 4. The van der Waals surface area contributed by atoms with Crippen molar-refractivity contribution in [3.8, 4) is 0 Å².